The molecule has 1 aliphatic heterocycles. The van der Waals surface area contributed by atoms with Gasteiger partial charge in [0.1, 0.15) is 12.4 Å². The predicted octanol–water partition coefficient (Wildman–Crippen LogP) is 2.06. The van der Waals surface area contributed by atoms with Crippen LogP contribution in [0.25, 0.3) is 0 Å². The van der Waals surface area contributed by atoms with Gasteiger partial charge in [-0.3, -0.25) is 4.90 Å². The maximum absolute atomic E-state index is 5.77. The van der Waals surface area contributed by atoms with E-state index in [0.717, 1.165) is 32.0 Å². The van der Waals surface area contributed by atoms with E-state index in [-0.39, 0.29) is 0 Å². The number of piperazine rings is 1. The topological polar surface area (TPSA) is 24.5 Å². The molecule has 3 heteroatoms. The Morgan fingerprint density at radius 1 is 1.17 bits per heavy atom. The molecule has 0 radical (unpaired) electrons. The first kappa shape index (κ1) is 13.4. The van der Waals surface area contributed by atoms with Gasteiger partial charge in [0, 0.05) is 31.7 Å². The first-order chi connectivity index (χ1) is 8.63. The lowest BCUT2D eigenvalue weighted by Gasteiger charge is -2.35. The maximum Gasteiger partial charge on any atom is 0.119 e. The highest BCUT2D eigenvalue weighted by molar-refractivity contribution is 5.26. The summed E-state index contributed by atoms with van der Waals surface area (Å²) in [4.78, 5) is 2.47. The molecule has 18 heavy (non-hydrogen) atoms. The lowest BCUT2D eigenvalue weighted by Crippen LogP contribution is -2.54. The molecule has 3 nitrogen and oxygen atoms in total. The van der Waals surface area contributed by atoms with Gasteiger partial charge in [-0.25, -0.2) is 0 Å². The van der Waals surface area contributed by atoms with E-state index in [0.29, 0.717) is 12.1 Å². The Labute approximate surface area is 110 Å². The van der Waals surface area contributed by atoms with E-state index in [1.807, 2.05) is 12.1 Å². The standard InChI is InChI=1S/C15H24N2O/c1-12-4-6-15(7-5-12)18-9-8-17-10-13(2)16-14(3)11-17/h4-7,13-14,16H,8-11H2,1-3H3. The number of rotatable bonds is 4. The van der Waals surface area contributed by atoms with Crippen molar-refractivity contribution in [3.8, 4) is 5.75 Å². The van der Waals surface area contributed by atoms with Crippen LogP contribution in [0.15, 0.2) is 24.3 Å². The van der Waals surface area contributed by atoms with Gasteiger partial charge in [-0.1, -0.05) is 17.7 Å². The Morgan fingerprint density at radius 2 is 1.78 bits per heavy atom. The maximum atomic E-state index is 5.77. The predicted molar refractivity (Wildman–Crippen MR) is 75.2 cm³/mol. The van der Waals surface area contributed by atoms with Crippen LogP contribution in [0, 0.1) is 6.92 Å². The van der Waals surface area contributed by atoms with E-state index in [2.05, 4.69) is 43.1 Å². The van der Waals surface area contributed by atoms with Crippen molar-refractivity contribution in [3.63, 3.8) is 0 Å². The molecule has 0 aliphatic carbocycles. The second-order valence-electron chi connectivity index (χ2n) is 5.39. The SMILES string of the molecule is Cc1ccc(OCCN2CC(C)NC(C)C2)cc1. The molecule has 0 aromatic heterocycles. The highest BCUT2D eigenvalue weighted by Gasteiger charge is 2.20. The molecule has 2 unspecified atom stereocenters. The number of nitrogens with zero attached hydrogens (tertiary/aromatic N) is 1. The van der Waals surface area contributed by atoms with Crippen LogP contribution in [0.3, 0.4) is 0 Å². The van der Waals surface area contributed by atoms with Gasteiger partial charge in [-0.15, -0.1) is 0 Å². The second kappa shape index (κ2) is 6.21. The van der Waals surface area contributed by atoms with Crippen LogP contribution >= 0.6 is 0 Å². The Bertz CT molecular complexity index is 353. The molecule has 1 aromatic rings. The Hall–Kier alpha value is -1.06. The lowest BCUT2D eigenvalue weighted by molar-refractivity contribution is 0.146. The summed E-state index contributed by atoms with van der Waals surface area (Å²) < 4.78 is 5.77. The monoisotopic (exact) mass is 248 g/mol. The first-order valence-electron chi connectivity index (χ1n) is 6.81. The second-order valence-corrected chi connectivity index (χ2v) is 5.39. The van der Waals surface area contributed by atoms with Crippen molar-refractivity contribution >= 4 is 0 Å². The van der Waals surface area contributed by atoms with E-state index in [1.165, 1.54) is 5.56 Å². The molecular weight excluding hydrogens is 224 g/mol. The summed E-state index contributed by atoms with van der Waals surface area (Å²) in [5.41, 5.74) is 1.27. The Morgan fingerprint density at radius 3 is 2.39 bits per heavy atom. The quantitative estimate of drug-likeness (QED) is 0.882. The summed E-state index contributed by atoms with van der Waals surface area (Å²) in [6.45, 7) is 10.6. The first-order valence-corrected chi connectivity index (χ1v) is 6.81. The summed E-state index contributed by atoms with van der Waals surface area (Å²) in [7, 11) is 0. The van der Waals surface area contributed by atoms with Gasteiger partial charge in [0.15, 0.2) is 0 Å². The average Bonchev–Trinajstić information content (AvgIpc) is 2.30. The van der Waals surface area contributed by atoms with Crippen LogP contribution < -0.4 is 10.1 Å². The highest BCUT2D eigenvalue weighted by atomic mass is 16.5. The summed E-state index contributed by atoms with van der Waals surface area (Å²) in [6.07, 6.45) is 0. The van der Waals surface area contributed by atoms with Crippen molar-refractivity contribution in [2.45, 2.75) is 32.9 Å². The van der Waals surface area contributed by atoms with Gasteiger partial charge in [0.2, 0.25) is 0 Å². The summed E-state index contributed by atoms with van der Waals surface area (Å²) >= 11 is 0. The fraction of sp³-hybridized carbons (Fsp3) is 0.600. The van der Waals surface area contributed by atoms with Crippen LogP contribution in [0.4, 0.5) is 0 Å². The van der Waals surface area contributed by atoms with Crippen molar-refractivity contribution in [1.82, 2.24) is 10.2 Å². The van der Waals surface area contributed by atoms with Crippen molar-refractivity contribution in [1.29, 1.82) is 0 Å². The normalized spacial score (nSPS) is 25.1. The van der Waals surface area contributed by atoms with Gasteiger partial charge in [0.05, 0.1) is 0 Å². The number of aryl methyl sites for hydroxylation is 1. The lowest BCUT2D eigenvalue weighted by atomic mass is 10.1. The van der Waals surface area contributed by atoms with Crippen molar-refractivity contribution in [2.24, 2.45) is 0 Å². The molecule has 1 aliphatic rings. The van der Waals surface area contributed by atoms with Gasteiger partial charge in [-0.2, -0.15) is 0 Å². The average molecular weight is 248 g/mol. The molecule has 0 spiro atoms. The minimum atomic E-state index is 0.577. The van der Waals surface area contributed by atoms with E-state index >= 15 is 0 Å². The number of hydrogen-bond donors (Lipinski definition) is 1. The van der Waals surface area contributed by atoms with Gasteiger partial charge >= 0.3 is 0 Å². The number of nitrogens with one attached hydrogen (secondary N) is 1. The third-order valence-corrected chi connectivity index (χ3v) is 3.33. The van der Waals surface area contributed by atoms with Crippen LogP contribution in [-0.4, -0.2) is 43.2 Å². The number of benzene rings is 1. The molecule has 2 rings (SSSR count). The molecule has 0 saturated carbocycles. The van der Waals surface area contributed by atoms with Crippen molar-refractivity contribution < 1.29 is 4.74 Å². The third kappa shape index (κ3) is 4.00. The molecule has 1 aromatic carbocycles. The van der Waals surface area contributed by atoms with Gasteiger partial charge in [0.25, 0.3) is 0 Å². The number of ether oxygens (including phenoxy) is 1. The zero-order valence-electron chi connectivity index (χ0n) is 11.6. The van der Waals surface area contributed by atoms with Crippen molar-refractivity contribution in [2.75, 3.05) is 26.2 Å². The molecule has 0 amide bonds. The molecule has 0 bridgehead atoms. The zero-order valence-corrected chi connectivity index (χ0v) is 11.6. The Balaban J connectivity index is 1.73. The molecular formula is C15H24N2O. The fourth-order valence-corrected chi connectivity index (χ4v) is 2.55. The molecule has 100 valence electrons. The van der Waals surface area contributed by atoms with Crippen LogP contribution in [0.5, 0.6) is 5.75 Å². The smallest absolute Gasteiger partial charge is 0.119 e. The minimum absolute atomic E-state index is 0.577. The summed E-state index contributed by atoms with van der Waals surface area (Å²) in [6, 6.07) is 9.41. The largest absolute Gasteiger partial charge is 0.492 e. The zero-order chi connectivity index (χ0) is 13.0. The summed E-state index contributed by atoms with van der Waals surface area (Å²) in [5.74, 6) is 0.969. The molecule has 2 atom stereocenters. The van der Waals surface area contributed by atoms with Gasteiger partial charge in [-0.05, 0) is 32.9 Å². The highest BCUT2D eigenvalue weighted by Crippen LogP contribution is 2.11. The molecule has 1 heterocycles. The third-order valence-electron chi connectivity index (χ3n) is 3.33. The molecule has 1 saturated heterocycles. The molecule has 1 N–H and O–H groups in total. The summed E-state index contributed by atoms with van der Waals surface area (Å²) in [5, 5.41) is 3.54. The fourth-order valence-electron chi connectivity index (χ4n) is 2.55. The molecule has 1 fully saturated rings. The number of hydrogen-bond acceptors (Lipinski definition) is 3. The van der Waals surface area contributed by atoms with E-state index in [9.17, 15) is 0 Å². The van der Waals surface area contributed by atoms with E-state index < -0.39 is 0 Å². The van der Waals surface area contributed by atoms with Crippen LogP contribution in [0.1, 0.15) is 19.4 Å². The Kier molecular flexibility index (Phi) is 4.61. The minimum Gasteiger partial charge on any atom is -0.492 e. The van der Waals surface area contributed by atoms with Crippen LogP contribution in [-0.2, 0) is 0 Å². The van der Waals surface area contributed by atoms with E-state index in [1.54, 1.807) is 0 Å². The van der Waals surface area contributed by atoms with Gasteiger partial charge < -0.3 is 10.1 Å². The van der Waals surface area contributed by atoms with Crippen LogP contribution in [0.2, 0.25) is 0 Å². The van der Waals surface area contributed by atoms with E-state index in [4.69, 9.17) is 4.74 Å². The van der Waals surface area contributed by atoms with Crippen molar-refractivity contribution in [3.05, 3.63) is 29.8 Å².